The molecule has 27 heavy (non-hydrogen) atoms. The zero-order valence-corrected chi connectivity index (χ0v) is 18.2. The fraction of sp³-hybridized carbons (Fsp3) is 0.200. The molecule has 0 atom stereocenters. The molecule has 1 fully saturated rings. The van der Waals surface area contributed by atoms with Crippen LogP contribution >= 0.6 is 7.26 Å². The van der Waals surface area contributed by atoms with Gasteiger partial charge in [0.2, 0.25) is 0 Å². The van der Waals surface area contributed by atoms with Crippen LogP contribution in [0.2, 0.25) is 0 Å². The number of hydrogen-bond acceptors (Lipinski definition) is 0. The van der Waals surface area contributed by atoms with Crippen molar-refractivity contribution < 1.29 is 17.0 Å². The molecular weight excluding hydrogens is 411 g/mol. The fourth-order valence-corrected chi connectivity index (χ4v) is 7.93. The van der Waals surface area contributed by atoms with Crippen LogP contribution in [-0.4, -0.2) is 6.16 Å². The van der Waals surface area contributed by atoms with Crippen LogP contribution in [0.5, 0.6) is 0 Å². The Balaban J connectivity index is 0.00000210. The molecule has 0 aliphatic heterocycles. The van der Waals surface area contributed by atoms with Crippen LogP contribution < -0.4 is 32.9 Å². The van der Waals surface area contributed by atoms with Crippen molar-refractivity contribution in [2.75, 3.05) is 6.16 Å². The van der Waals surface area contributed by atoms with E-state index in [9.17, 15) is 0 Å². The van der Waals surface area contributed by atoms with E-state index in [2.05, 4.69) is 104 Å². The second kappa shape index (κ2) is 9.00. The molecule has 0 bridgehead atoms. The maximum atomic E-state index is 2.54. The van der Waals surface area contributed by atoms with E-state index in [-0.39, 0.29) is 17.0 Å². The van der Waals surface area contributed by atoms with Gasteiger partial charge in [0.05, 0.1) is 6.16 Å². The highest BCUT2D eigenvalue weighted by atomic mass is 79.9. The maximum absolute atomic E-state index is 2.54. The average molecular weight is 437 g/mol. The van der Waals surface area contributed by atoms with E-state index in [1.54, 1.807) is 5.57 Å². The lowest BCUT2D eigenvalue weighted by Gasteiger charge is -2.27. The third-order valence-electron chi connectivity index (χ3n) is 5.50. The number of benzene rings is 3. The minimum absolute atomic E-state index is 0. The van der Waals surface area contributed by atoms with Crippen LogP contribution in [0.1, 0.15) is 19.8 Å². The molecule has 0 saturated heterocycles. The second-order valence-electron chi connectivity index (χ2n) is 7.22. The van der Waals surface area contributed by atoms with Crippen LogP contribution in [0.25, 0.3) is 0 Å². The van der Waals surface area contributed by atoms with Crippen molar-refractivity contribution in [3.8, 4) is 0 Å². The summed E-state index contributed by atoms with van der Waals surface area (Å²) in [6, 6.07) is 33.5. The van der Waals surface area contributed by atoms with Crippen molar-refractivity contribution in [3.63, 3.8) is 0 Å². The molecular formula is C25H26BrP. The summed E-state index contributed by atoms with van der Waals surface area (Å²) in [5.74, 6) is 0.833. The van der Waals surface area contributed by atoms with Crippen LogP contribution in [0.3, 0.4) is 0 Å². The van der Waals surface area contributed by atoms with Gasteiger partial charge in [0.25, 0.3) is 0 Å². The Hall–Kier alpha value is -1.69. The zero-order chi connectivity index (χ0) is 17.8. The van der Waals surface area contributed by atoms with Gasteiger partial charge in [-0.25, -0.2) is 0 Å². The van der Waals surface area contributed by atoms with Crippen molar-refractivity contribution >= 4 is 23.2 Å². The summed E-state index contributed by atoms with van der Waals surface area (Å²) in [7, 11) is -1.70. The third kappa shape index (κ3) is 4.26. The van der Waals surface area contributed by atoms with E-state index in [1.807, 2.05) is 0 Å². The van der Waals surface area contributed by atoms with Crippen LogP contribution in [-0.2, 0) is 0 Å². The van der Waals surface area contributed by atoms with Gasteiger partial charge >= 0.3 is 0 Å². The summed E-state index contributed by atoms with van der Waals surface area (Å²) in [4.78, 5) is 0. The van der Waals surface area contributed by atoms with Crippen LogP contribution in [0.15, 0.2) is 103 Å². The lowest BCUT2D eigenvalue weighted by molar-refractivity contribution is -0.00000511. The Morgan fingerprint density at radius 3 is 1.44 bits per heavy atom. The molecule has 0 aromatic heterocycles. The molecule has 1 aliphatic rings. The number of allylic oxidation sites excluding steroid dienone is 2. The lowest BCUT2D eigenvalue weighted by atomic mass is 10.2. The molecule has 0 heterocycles. The highest BCUT2D eigenvalue weighted by Gasteiger charge is 2.44. The topological polar surface area (TPSA) is 0 Å². The Kier molecular flexibility index (Phi) is 6.68. The quantitative estimate of drug-likeness (QED) is 0.411. The standard InChI is InChI=1S/C25H26P.BrH/c1-21(22-17-18-22)19-20-26(23-11-5-2-6-12-23,24-13-7-3-8-14-24)25-15-9-4-10-16-25;/h2-16,19,22H,17-18,20H2,1H3;1H/q+1;/p-1/b21-19+;. The van der Waals surface area contributed by atoms with Gasteiger partial charge in [-0.15, -0.1) is 0 Å². The molecule has 0 N–H and O–H groups in total. The van der Waals surface area contributed by atoms with E-state index in [4.69, 9.17) is 0 Å². The fourth-order valence-electron chi connectivity index (χ4n) is 3.80. The summed E-state index contributed by atoms with van der Waals surface area (Å²) in [5, 5.41) is 4.41. The van der Waals surface area contributed by atoms with Gasteiger partial charge in [0.1, 0.15) is 23.2 Å². The first kappa shape index (κ1) is 20.1. The first-order valence-electron chi connectivity index (χ1n) is 9.52. The molecule has 0 spiro atoms. The van der Waals surface area contributed by atoms with E-state index in [0.717, 1.165) is 12.1 Å². The molecule has 3 aromatic carbocycles. The van der Waals surface area contributed by atoms with Crippen molar-refractivity contribution in [1.82, 2.24) is 0 Å². The van der Waals surface area contributed by atoms with E-state index in [0.29, 0.717) is 0 Å². The summed E-state index contributed by atoms with van der Waals surface area (Å²) >= 11 is 0. The van der Waals surface area contributed by atoms with Gasteiger partial charge in [0, 0.05) is 0 Å². The summed E-state index contributed by atoms with van der Waals surface area (Å²) in [6.45, 7) is 2.33. The Bertz CT molecular complexity index is 771. The molecule has 2 heteroatoms. The largest absolute Gasteiger partial charge is 1.00 e. The summed E-state index contributed by atoms with van der Waals surface area (Å²) in [6.07, 6.45) is 6.39. The third-order valence-corrected chi connectivity index (χ3v) is 9.77. The maximum Gasteiger partial charge on any atom is 0.115 e. The molecule has 0 amide bonds. The minimum atomic E-state index is -1.70. The molecule has 0 nitrogen and oxygen atoms in total. The molecule has 138 valence electrons. The molecule has 4 rings (SSSR count). The van der Waals surface area contributed by atoms with Gasteiger partial charge < -0.3 is 17.0 Å². The lowest BCUT2D eigenvalue weighted by Crippen LogP contribution is -3.00. The van der Waals surface area contributed by atoms with Gasteiger partial charge in [-0.1, -0.05) is 60.2 Å². The van der Waals surface area contributed by atoms with E-state index in [1.165, 1.54) is 28.8 Å². The predicted molar refractivity (Wildman–Crippen MR) is 116 cm³/mol. The second-order valence-corrected chi connectivity index (χ2v) is 10.8. The Morgan fingerprint density at radius 1 is 0.741 bits per heavy atom. The molecule has 0 radical (unpaired) electrons. The first-order chi connectivity index (χ1) is 12.8. The average Bonchev–Trinajstić information content (AvgIpc) is 3.56. The summed E-state index contributed by atoms with van der Waals surface area (Å²) in [5.41, 5.74) is 1.58. The Labute approximate surface area is 174 Å². The highest BCUT2D eigenvalue weighted by molar-refractivity contribution is 7.95. The minimum Gasteiger partial charge on any atom is -1.00 e. The monoisotopic (exact) mass is 436 g/mol. The van der Waals surface area contributed by atoms with Crippen molar-refractivity contribution in [2.45, 2.75) is 19.8 Å². The van der Waals surface area contributed by atoms with Gasteiger partial charge in [-0.3, -0.25) is 0 Å². The van der Waals surface area contributed by atoms with Gasteiger partial charge in [0.15, 0.2) is 0 Å². The van der Waals surface area contributed by atoms with Crippen molar-refractivity contribution in [1.29, 1.82) is 0 Å². The SMILES string of the molecule is C/C(=C\C[P+](c1ccccc1)(c1ccccc1)c1ccccc1)C1CC1.[Br-]. The van der Waals surface area contributed by atoms with Gasteiger partial charge in [-0.05, 0) is 68.2 Å². The summed E-state index contributed by atoms with van der Waals surface area (Å²) < 4.78 is 0. The molecule has 1 aliphatic carbocycles. The Morgan fingerprint density at radius 2 is 1.11 bits per heavy atom. The smallest absolute Gasteiger partial charge is 0.115 e. The van der Waals surface area contributed by atoms with E-state index >= 15 is 0 Å². The number of halogens is 1. The van der Waals surface area contributed by atoms with Crippen LogP contribution in [0.4, 0.5) is 0 Å². The molecule has 1 saturated carbocycles. The first-order valence-corrected chi connectivity index (χ1v) is 11.5. The number of rotatable bonds is 6. The number of hydrogen-bond donors (Lipinski definition) is 0. The van der Waals surface area contributed by atoms with Crippen molar-refractivity contribution in [2.24, 2.45) is 5.92 Å². The molecule has 3 aromatic rings. The predicted octanol–water partition coefficient (Wildman–Crippen LogP) is 2.34. The van der Waals surface area contributed by atoms with Gasteiger partial charge in [-0.2, -0.15) is 0 Å². The highest BCUT2D eigenvalue weighted by Crippen LogP contribution is 2.55. The molecule has 0 unspecified atom stereocenters. The van der Waals surface area contributed by atoms with E-state index < -0.39 is 7.26 Å². The van der Waals surface area contributed by atoms with Crippen LogP contribution in [0, 0.1) is 5.92 Å². The normalized spacial score (nSPS) is 14.5. The van der Waals surface area contributed by atoms with Crippen molar-refractivity contribution in [3.05, 3.63) is 103 Å². The zero-order valence-electron chi connectivity index (χ0n) is 15.8.